The maximum atomic E-state index is 10.1. The van der Waals surface area contributed by atoms with Crippen molar-refractivity contribution in [2.24, 2.45) is 11.8 Å². The molecule has 0 heterocycles. The van der Waals surface area contributed by atoms with Crippen LogP contribution in [0.3, 0.4) is 0 Å². The fraction of sp³-hybridized carbons (Fsp3) is 1.00. The Bertz CT molecular complexity index is 71.1. The van der Waals surface area contributed by atoms with Crippen molar-refractivity contribution >= 4 is 0 Å². The van der Waals surface area contributed by atoms with E-state index in [0.29, 0.717) is 0 Å². The fourth-order valence-corrected chi connectivity index (χ4v) is 1.09. The summed E-state index contributed by atoms with van der Waals surface area (Å²) in [5.41, 5.74) is 0. The molecule has 0 N–H and O–H groups in total. The van der Waals surface area contributed by atoms with E-state index in [-0.39, 0.29) is 6.61 Å². The summed E-state index contributed by atoms with van der Waals surface area (Å²) in [5, 5.41) is 10.1. The zero-order chi connectivity index (χ0) is 7.98. The van der Waals surface area contributed by atoms with Crippen molar-refractivity contribution in [1.29, 1.82) is 0 Å². The zero-order valence-corrected chi connectivity index (χ0v) is 7.39. The molecule has 1 heteroatoms. The van der Waals surface area contributed by atoms with Gasteiger partial charge in [0, 0.05) is 0 Å². The van der Waals surface area contributed by atoms with Crippen LogP contribution in [0.1, 0.15) is 40.0 Å². The highest BCUT2D eigenvalue weighted by atomic mass is 16.2. The summed E-state index contributed by atoms with van der Waals surface area (Å²) in [6, 6.07) is 0. The van der Waals surface area contributed by atoms with Crippen LogP contribution in [0, 0.1) is 11.8 Å². The number of hydrogen-bond acceptors (Lipinski definition) is 0. The molecule has 0 aliphatic rings. The van der Waals surface area contributed by atoms with E-state index in [1.54, 1.807) is 0 Å². The highest BCUT2D eigenvalue weighted by Crippen LogP contribution is 2.18. The van der Waals surface area contributed by atoms with Crippen molar-refractivity contribution in [1.82, 2.24) is 0 Å². The summed E-state index contributed by atoms with van der Waals surface area (Å²) >= 11 is 0. The lowest BCUT2D eigenvalue weighted by Gasteiger charge is -2.16. The highest BCUT2D eigenvalue weighted by Gasteiger charge is 2.08. The van der Waals surface area contributed by atoms with Gasteiger partial charge in [-0.3, -0.25) is 0 Å². The molecule has 0 saturated carbocycles. The molecule has 10 heavy (non-hydrogen) atoms. The Hall–Kier alpha value is -0.0400. The summed E-state index contributed by atoms with van der Waals surface area (Å²) in [7, 11) is 0. The molecule has 0 bridgehead atoms. The Morgan fingerprint density at radius 3 is 2.20 bits per heavy atom. The third kappa shape index (κ3) is 3.89. The lowest BCUT2D eigenvalue weighted by molar-refractivity contribution is 0.175. The molecule has 2 atom stereocenters. The number of hydrogen-bond donors (Lipinski definition) is 0. The Morgan fingerprint density at radius 1 is 1.20 bits per heavy atom. The molecule has 2 unspecified atom stereocenters. The second kappa shape index (κ2) is 5.72. The van der Waals surface area contributed by atoms with Gasteiger partial charge < -0.3 is 0 Å². The van der Waals surface area contributed by atoms with Gasteiger partial charge in [0.2, 0.25) is 0 Å². The first-order chi connectivity index (χ1) is 4.72. The SMILES string of the molecule is CCC(C)C(C)CCC[O]. The summed E-state index contributed by atoms with van der Waals surface area (Å²) in [5.74, 6) is 1.52. The van der Waals surface area contributed by atoms with Crippen LogP contribution in [0.2, 0.25) is 0 Å². The van der Waals surface area contributed by atoms with Gasteiger partial charge in [-0.2, -0.15) is 0 Å². The molecule has 1 radical (unpaired) electrons. The topological polar surface area (TPSA) is 19.9 Å². The Kier molecular flexibility index (Phi) is 5.70. The molecule has 0 rings (SSSR count). The monoisotopic (exact) mass is 143 g/mol. The van der Waals surface area contributed by atoms with E-state index < -0.39 is 0 Å². The average Bonchev–Trinajstić information content (AvgIpc) is 1.98. The molecular formula is C9H19O. The van der Waals surface area contributed by atoms with Gasteiger partial charge in [0.25, 0.3) is 0 Å². The zero-order valence-electron chi connectivity index (χ0n) is 7.39. The molecule has 0 aliphatic heterocycles. The van der Waals surface area contributed by atoms with Gasteiger partial charge in [-0.1, -0.05) is 27.2 Å². The van der Waals surface area contributed by atoms with E-state index >= 15 is 0 Å². The van der Waals surface area contributed by atoms with Crippen molar-refractivity contribution < 1.29 is 5.11 Å². The van der Waals surface area contributed by atoms with Crippen LogP contribution in [-0.4, -0.2) is 6.61 Å². The second-order valence-electron chi connectivity index (χ2n) is 3.21. The van der Waals surface area contributed by atoms with Crippen molar-refractivity contribution in [3.63, 3.8) is 0 Å². The van der Waals surface area contributed by atoms with Gasteiger partial charge >= 0.3 is 0 Å². The third-order valence-corrected chi connectivity index (χ3v) is 2.42. The highest BCUT2D eigenvalue weighted by molar-refractivity contribution is 4.59. The van der Waals surface area contributed by atoms with Crippen LogP contribution in [0.15, 0.2) is 0 Å². The van der Waals surface area contributed by atoms with Crippen LogP contribution in [0.4, 0.5) is 0 Å². The van der Waals surface area contributed by atoms with Gasteiger partial charge in [-0.15, -0.1) is 0 Å². The van der Waals surface area contributed by atoms with Gasteiger partial charge in [0.05, 0.1) is 6.61 Å². The predicted molar refractivity (Wildman–Crippen MR) is 43.4 cm³/mol. The van der Waals surface area contributed by atoms with E-state index in [1.807, 2.05) is 0 Å². The first-order valence-corrected chi connectivity index (χ1v) is 4.30. The van der Waals surface area contributed by atoms with Crippen molar-refractivity contribution in [3.05, 3.63) is 0 Å². The van der Waals surface area contributed by atoms with Crippen LogP contribution in [-0.2, 0) is 5.11 Å². The average molecular weight is 143 g/mol. The summed E-state index contributed by atoms with van der Waals surface area (Å²) in [4.78, 5) is 0. The van der Waals surface area contributed by atoms with Crippen LogP contribution < -0.4 is 0 Å². The molecule has 0 aromatic rings. The van der Waals surface area contributed by atoms with Gasteiger partial charge in [0.1, 0.15) is 0 Å². The fourth-order valence-electron chi connectivity index (χ4n) is 1.09. The predicted octanol–water partition coefficient (Wildman–Crippen LogP) is 2.88. The third-order valence-electron chi connectivity index (χ3n) is 2.42. The minimum atomic E-state index is 0.0980. The van der Waals surface area contributed by atoms with Crippen LogP contribution in [0.25, 0.3) is 0 Å². The van der Waals surface area contributed by atoms with Gasteiger partial charge in [-0.05, 0) is 24.7 Å². The summed E-state index contributed by atoms with van der Waals surface area (Å²) < 4.78 is 0. The molecular weight excluding hydrogens is 124 g/mol. The quantitative estimate of drug-likeness (QED) is 0.564. The first kappa shape index (κ1) is 9.96. The lowest BCUT2D eigenvalue weighted by Crippen LogP contribution is -2.06. The molecule has 61 valence electrons. The molecule has 0 saturated heterocycles. The van der Waals surface area contributed by atoms with E-state index in [9.17, 15) is 5.11 Å². The minimum absolute atomic E-state index is 0.0980. The minimum Gasteiger partial charge on any atom is -0.237 e. The van der Waals surface area contributed by atoms with Crippen LogP contribution >= 0.6 is 0 Å². The van der Waals surface area contributed by atoms with Crippen molar-refractivity contribution in [3.8, 4) is 0 Å². The van der Waals surface area contributed by atoms with Gasteiger partial charge in [-0.25, -0.2) is 5.11 Å². The first-order valence-electron chi connectivity index (χ1n) is 4.30. The van der Waals surface area contributed by atoms with E-state index in [1.165, 1.54) is 6.42 Å². The maximum absolute atomic E-state index is 10.1. The molecule has 1 nitrogen and oxygen atoms in total. The molecule has 0 aliphatic carbocycles. The molecule has 0 fully saturated rings. The van der Waals surface area contributed by atoms with Gasteiger partial charge in [0.15, 0.2) is 0 Å². The normalized spacial score (nSPS) is 16.8. The van der Waals surface area contributed by atoms with E-state index in [4.69, 9.17) is 0 Å². The largest absolute Gasteiger partial charge is 0.237 e. The van der Waals surface area contributed by atoms with Crippen molar-refractivity contribution in [2.45, 2.75) is 40.0 Å². The molecule has 0 spiro atoms. The Balaban J connectivity index is 3.31. The Labute approximate surface area is 64.5 Å². The van der Waals surface area contributed by atoms with E-state index in [0.717, 1.165) is 24.7 Å². The smallest absolute Gasteiger partial charge is 0.0822 e. The number of rotatable bonds is 5. The summed E-state index contributed by atoms with van der Waals surface area (Å²) in [6.45, 7) is 6.80. The second-order valence-corrected chi connectivity index (χ2v) is 3.21. The maximum Gasteiger partial charge on any atom is 0.0822 e. The molecule has 0 amide bonds. The Morgan fingerprint density at radius 2 is 1.80 bits per heavy atom. The standard InChI is InChI=1S/C9H19O/c1-4-8(2)9(3)6-5-7-10/h8-9H,4-7H2,1-3H3. The molecule has 0 aromatic carbocycles. The summed E-state index contributed by atoms with van der Waals surface area (Å²) in [6.07, 6.45) is 3.20. The van der Waals surface area contributed by atoms with Crippen molar-refractivity contribution in [2.75, 3.05) is 6.61 Å². The van der Waals surface area contributed by atoms with Crippen LogP contribution in [0.5, 0.6) is 0 Å². The lowest BCUT2D eigenvalue weighted by atomic mass is 9.90. The van der Waals surface area contributed by atoms with E-state index in [2.05, 4.69) is 20.8 Å². The molecule has 0 aromatic heterocycles.